The molecule has 18 heavy (non-hydrogen) atoms. The van der Waals surface area contributed by atoms with Crippen LogP contribution in [0.5, 0.6) is 0 Å². The highest BCUT2D eigenvalue weighted by Crippen LogP contribution is 2.24. The van der Waals surface area contributed by atoms with E-state index in [4.69, 9.17) is 5.73 Å². The van der Waals surface area contributed by atoms with Gasteiger partial charge in [0.15, 0.2) is 0 Å². The Morgan fingerprint density at radius 1 is 1.22 bits per heavy atom. The Hall–Kier alpha value is -2.20. The number of hydrogen-bond donors (Lipinski definition) is 1. The van der Waals surface area contributed by atoms with Gasteiger partial charge in [0.25, 0.3) is 0 Å². The molecule has 0 bridgehead atoms. The fourth-order valence-electron chi connectivity index (χ4n) is 2.15. The van der Waals surface area contributed by atoms with E-state index in [0.717, 1.165) is 16.8 Å². The molecule has 4 heteroatoms. The molecule has 0 amide bonds. The summed E-state index contributed by atoms with van der Waals surface area (Å²) in [5, 5.41) is 4.22. The first-order valence-corrected chi connectivity index (χ1v) is 5.88. The standard InChI is InChI=1S/C14H14N4/c1-10-8-11(2-3-12(10)9-15)14-13-4-5-17-18(13)7-6-16-14/h2-8H,9,15H2,1H3. The predicted molar refractivity (Wildman–Crippen MR) is 71.1 cm³/mol. The molecule has 2 N–H and O–H groups in total. The third kappa shape index (κ3) is 1.67. The van der Waals surface area contributed by atoms with Crippen molar-refractivity contribution in [1.29, 1.82) is 0 Å². The van der Waals surface area contributed by atoms with Crippen molar-refractivity contribution in [2.45, 2.75) is 13.5 Å². The number of fused-ring (bicyclic) bond motifs is 1. The molecule has 3 rings (SSSR count). The molecule has 0 aliphatic heterocycles. The second-order valence-corrected chi connectivity index (χ2v) is 4.28. The van der Waals surface area contributed by atoms with E-state index in [1.165, 1.54) is 11.1 Å². The number of nitrogens with zero attached hydrogens (tertiary/aromatic N) is 3. The van der Waals surface area contributed by atoms with Gasteiger partial charge in [-0.25, -0.2) is 4.52 Å². The minimum absolute atomic E-state index is 0.566. The first-order valence-electron chi connectivity index (χ1n) is 5.88. The van der Waals surface area contributed by atoms with Crippen LogP contribution < -0.4 is 5.73 Å². The lowest BCUT2D eigenvalue weighted by molar-refractivity contribution is 0.947. The van der Waals surface area contributed by atoms with E-state index >= 15 is 0 Å². The zero-order valence-electron chi connectivity index (χ0n) is 10.2. The second kappa shape index (κ2) is 4.23. The van der Waals surface area contributed by atoms with Crippen molar-refractivity contribution in [3.05, 3.63) is 54.0 Å². The van der Waals surface area contributed by atoms with Crippen LogP contribution in [0.15, 0.2) is 42.9 Å². The van der Waals surface area contributed by atoms with E-state index in [0.29, 0.717) is 6.54 Å². The smallest absolute Gasteiger partial charge is 0.0960 e. The molecule has 0 fully saturated rings. The minimum atomic E-state index is 0.566. The van der Waals surface area contributed by atoms with Crippen LogP contribution in [0.2, 0.25) is 0 Å². The molecule has 0 radical (unpaired) electrons. The van der Waals surface area contributed by atoms with E-state index in [1.807, 2.05) is 16.8 Å². The van der Waals surface area contributed by atoms with Gasteiger partial charge in [0.05, 0.1) is 17.4 Å². The van der Waals surface area contributed by atoms with Crippen LogP contribution in [0.3, 0.4) is 0 Å². The topological polar surface area (TPSA) is 56.2 Å². The average molecular weight is 238 g/mol. The Morgan fingerprint density at radius 3 is 2.89 bits per heavy atom. The summed E-state index contributed by atoms with van der Waals surface area (Å²) >= 11 is 0. The molecular formula is C14H14N4. The zero-order chi connectivity index (χ0) is 12.5. The van der Waals surface area contributed by atoms with Crippen molar-refractivity contribution in [3.8, 4) is 11.3 Å². The zero-order valence-corrected chi connectivity index (χ0v) is 10.2. The fourth-order valence-corrected chi connectivity index (χ4v) is 2.15. The number of aryl methyl sites for hydroxylation is 1. The molecule has 2 aromatic heterocycles. The first-order chi connectivity index (χ1) is 8.79. The summed E-state index contributed by atoms with van der Waals surface area (Å²) < 4.78 is 1.83. The van der Waals surface area contributed by atoms with Gasteiger partial charge in [0.2, 0.25) is 0 Å². The minimum Gasteiger partial charge on any atom is -0.326 e. The number of nitrogens with two attached hydrogens (primary N) is 1. The van der Waals surface area contributed by atoms with Gasteiger partial charge in [-0.2, -0.15) is 5.10 Å². The first kappa shape index (κ1) is 10.9. The highest BCUT2D eigenvalue weighted by molar-refractivity contribution is 5.76. The van der Waals surface area contributed by atoms with Gasteiger partial charge in [-0.15, -0.1) is 0 Å². The molecule has 0 unspecified atom stereocenters. The summed E-state index contributed by atoms with van der Waals surface area (Å²) in [6, 6.07) is 8.21. The van der Waals surface area contributed by atoms with E-state index in [2.05, 4.69) is 35.2 Å². The summed E-state index contributed by atoms with van der Waals surface area (Å²) in [5.41, 5.74) is 11.1. The molecule has 0 spiro atoms. The van der Waals surface area contributed by atoms with Crippen molar-refractivity contribution < 1.29 is 0 Å². The lowest BCUT2D eigenvalue weighted by Crippen LogP contribution is -1.99. The van der Waals surface area contributed by atoms with E-state index in [-0.39, 0.29) is 0 Å². The Morgan fingerprint density at radius 2 is 2.11 bits per heavy atom. The van der Waals surface area contributed by atoms with Crippen molar-refractivity contribution in [3.63, 3.8) is 0 Å². The highest BCUT2D eigenvalue weighted by Gasteiger charge is 2.07. The van der Waals surface area contributed by atoms with Crippen molar-refractivity contribution in [2.75, 3.05) is 0 Å². The summed E-state index contributed by atoms with van der Waals surface area (Å²) in [6.07, 6.45) is 5.39. The SMILES string of the molecule is Cc1cc(-c2nccn3nccc23)ccc1CN. The fraction of sp³-hybridized carbons (Fsp3) is 0.143. The molecule has 0 aliphatic rings. The number of aromatic nitrogens is 3. The van der Waals surface area contributed by atoms with Crippen molar-refractivity contribution in [2.24, 2.45) is 5.73 Å². The van der Waals surface area contributed by atoms with Gasteiger partial charge in [-0.05, 0) is 30.2 Å². The van der Waals surface area contributed by atoms with E-state index in [1.54, 1.807) is 12.4 Å². The second-order valence-electron chi connectivity index (χ2n) is 4.28. The molecular weight excluding hydrogens is 224 g/mol. The van der Waals surface area contributed by atoms with Gasteiger partial charge in [-0.1, -0.05) is 12.1 Å². The van der Waals surface area contributed by atoms with Crippen molar-refractivity contribution >= 4 is 5.52 Å². The maximum Gasteiger partial charge on any atom is 0.0960 e. The van der Waals surface area contributed by atoms with Crippen LogP contribution in [0.4, 0.5) is 0 Å². The Balaban J connectivity index is 2.20. The van der Waals surface area contributed by atoms with Crippen LogP contribution in [0, 0.1) is 6.92 Å². The van der Waals surface area contributed by atoms with E-state index < -0.39 is 0 Å². The van der Waals surface area contributed by atoms with Gasteiger partial charge in [-0.3, -0.25) is 4.98 Å². The Kier molecular flexibility index (Phi) is 2.57. The lowest BCUT2D eigenvalue weighted by atomic mass is 10.0. The molecule has 0 saturated heterocycles. The normalized spacial score (nSPS) is 11.0. The van der Waals surface area contributed by atoms with Gasteiger partial charge in [0.1, 0.15) is 0 Å². The monoisotopic (exact) mass is 238 g/mol. The average Bonchev–Trinajstić information content (AvgIpc) is 2.86. The lowest BCUT2D eigenvalue weighted by Gasteiger charge is -2.07. The Bertz CT molecular complexity index is 700. The van der Waals surface area contributed by atoms with Crippen LogP contribution in [0.1, 0.15) is 11.1 Å². The quantitative estimate of drug-likeness (QED) is 0.744. The molecule has 4 nitrogen and oxygen atoms in total. The number of rotatable bonds is 2. The summed E-state index contributed by atoms with van der Waals surface area (Å²) in [5.74, 6) is 0. The molecule has 1 aromatic carbocycles. The van der Waals surface area contributed by atoms with Gasteiger partial charge >= 0.3 is 0 Å². The summed E-state index contributed by atoms with van der Waals surface area (Å²) in [4.78, 5) is 4.45. The van der Waals surface area contributed by atoms with Gasteiger partial charge < -0.3 is 5.73 Å². The largest absolute Gasteiger partial charge is 0.326 e. The van der Waals surface area contributed by atoms with E-state index in [9.17, 15) is 0 Å². The Labute approximate surface area is 105 Å². The summed E-state index contributed by atoms with van der Waals surface area (Å²) in [7, 11) is 0. The van der Waals surface area contributed by atoms with Crippen LogP contribution in [-0.4, -0.2) is 14.6 Å². The predicted octanol–water partition coefficient (Wildman–Crippen LogP) is 2.16. The maximum absolute atomic E-state index is 5.68. The molecule has 3 aromatic rings. The van der Waals surface area contributed by atoms with Crippen LogP contribution >= 0.6 is 0 Å². The summed E-state index contributed by atoms with van der Waals surface area (Å²) in [6.45, 7) is 2.64. The third-order valence-corrected chi connectivity index (χ3v) is 3.16. The molecule has 90 valence electrons. The van der Waals surface area contributed by atoms with Crippen molar-refractivity contribution in [1.82, 2.24) is 14.6 Å². The highest BCUT2D eigenvalue weighted by atomic mass is 15.2. The molecule has 0 atom stereocenters. The number of benzene rings is 1. The molecule has 2 heterocycles. The number of hydrogen-bond acceptors (Lipinski definition) is 3. The van der Waals surface area contributed by atoms with Gasteiger partial charge in [0, 0.05) is 24.5 Å². The van der Waals surface area contributed by atoms with Crippen LogP contribution in [0.25, 0.3) is 16.8 Å². The molecule has 0 aliphatic carbocycles. The maximum atomic E-state index is 5.68. The molecule has 0 saturated carbocycles. The third-order valence-electron chi connectivity index (χ3n) is 3.16. The van der Waals surface area contributed by atoms with Crippen LogP contribution in [-0.2, 0) is 6.54 Å².